The zero-order valence-electron chi connectivity index (χ0n) is 13.4. The molecule has 1 heterocycles. The van der Waals surface area contributed by atoms with Crippen LogP contribution >= 0.6 is 0 Å². The normalized spacial score (nSPS) is 18.2. The highest BCUT2D eigenvalue weighted by Crippen LogP contribution is 2.36. The van der Waals surface area contributed by atoms with Gasteiger partial charge >= 0.3 is 0 Å². The van der Waals surface area contributed by atoms with Crippen LogP contribution in [0.25, 0.3) is 0 Å². The molecule has 1 aliphatic heterocycles. The zero-order chi connectivity index (χ0) is 17.1. The van der Waals surface area contributed by atoms with Crippen molar-refractivity contribution in [2.45, 2.75) is 6.04 Å². The van der Waals surface area contributed by atoms with E-state index in [1.165, 1.54) is 6.07 Å². The highest BCUT2D eigenvalue weighted by Gasteiger charge is 2.31. The molecule has 1 unspecified atom stereocenters. The van der Waals surface area contributed by atoms with Crippen LogP contribution < -0.4 is 4.90 Å². The molecule has 0 amide bonds. The van der Waals surface area contributed by atoms with E-state index in [0.717, 1.165) is 18.7 Å². The molecule has 1 saturated heterocycles. The lowest BCUT2D eigenvalue weighted by Crippen LogP contribution is -2.47. The number of hydrogen-bond donors (Lipinski definition) is 0. The molecule has 3 rings (SSSR count). The maximum atomic E-state index is 11.5. The number of rotatable bonds is 3. The van der Waals surface area contributed by atoms with E-state index in [-0.39, 0.29) is 11.7 Å². The lowest BCUT2D eigenvalue weighted by molar-refractivity contribution is -0.384. The van der Waals surface area contributed by atoms with Gasteiger partial charge < -0.3 is 9.80 Å². The molecular formula is C18H18N4O2. The number of nitro groups is 1. The molecule has 1 fully saturated rings. The van der Waals surface area contributed by atoms with Crippen molar-refractivity contribution in [3.8, 4) is 6.07 Å². The lowest BCUT2D eigenvalue weighted by Gasteiger charge is -2.41. The average molecular weight is 322 g/mol. The van der Waals surface area contributed by atoms with E-state index in [4.69, 9.17) is 5.26 Å². The fourth-order valence-corrected chi connectivity index (χ4v) is 3.15. The van der Waals surface area contributed by atoms with Crippen molar-refractivity contribution in [3.05, 3.63) is 69.8 Å². The highest BCUT2D eigenvalue weighted by atomic mass is 16.6. The van der Waals surface area contributed by atoms with Gasteiger partial charge in [-0.05, 0) is 24.7 Å². The molecule has 0 spiro atoms. The van der Waals surface area contributed by atoms with Crippen molar-refractivity contribution in [2.24, 2.45) is 0 Å². The Balaban J connectivity index is 2.06. The molecule has 0 bridgehead atoms. The van der Waals surface area contributed by atoms with Crippen LogP contribution in [-0.2, 0) is 0 Å². The number of piperazine rings is 1. The van der Waals surface area contributed by atoms with E-state index in [1.54, 1.807) is 12.1 Å². The first kappa shape index (κ1) is 16.0. The van der Waals surface area contributed by atoms with Gasteiger partial charge in [-0.2, -0.15) is 5.26 Å². The first-order valence-electron chi connectivity index (χ1n) is 7.79. The minimum atomic E-state index is -0.406. The van der Waals surface area contributed by atoms with Crippen LogP contribution in [0.15, 0.2) is 48.5 Å². The summed E-state index contributed by atoms with van der Waals surface area (Å²) in [7, 11) is 2.06. The van der Waals surface area contributed by atoms with Crippen LogP contribution in [0.3, 0.4) is 0 Å². The molecule has 6 heteroatoms. The summed E-state index contributed by atoms with van der Waals surface area (Å²) in [6.07, 6.45) is 0. The summed E-state index contributed by atoms with van der Waals surface area (Å²) in [5, 5.41) is 20.5. The third kappa shape index (κ3) is 3.07. The van der Waals surface area contributed by atoms with Crippen LogP contribution in [0.5, 0.6) is 0 Å². The Morgan fingerprint density at radius 3 is 2.62 bits per heavy atom. The molecule has 1 atom stereocenters. The van der Waals surface area contributed by atoms with E-state index in [0.29, 0.717) is 17.8 Å². The van der Waals surface area contributed by atoms with Gasteiger partial charge in [0.25, 0.3) is 5.69 Å². The minimum absolute atomic E-state index is 0.0143. The van der Waals surface area contributed by atoms with E-state index in [2.05, 4.69) is 16.8 Å². The Labute approximate surface area is 140 Å². The van der Waals surface area contributed by atoms with Crippen molar-refractivity contribution < 1.29 is 4.92 Å². The Morgan fingerprint density at radius 1 is 1.21 bits per heavy atom. The first-order valence-corrected chi connectivity index (χ1v) is 7.79. The zero-order valence-corrected chi connectivity index (χ0v) is 13.4. The predicted molar refractivity (Wildman–Crippen MR) is 91.8 cm³/mol. The largest absolute Gasteiger partial charge is 0.356 e. The fourth-order valence-electron chi connectivity index (χ4n) is 3.15. The summed E-state index contributed by atoms with van der Waals surface area (Å²) >= 11 is 0. The third-order valence-corrected chi connectivity index (χ3v) is 4.38. The molecular weight excluding hydrogens is 304 g/mol. The van der Waals surface area contributed by atoms with Crippen molar-refractivity contribution in [1.82, 2.24) is 4.90 Å². The van der Waals surface area contributed by atoms with Gasteiger partial charge in [0.15, 0.2) is 0 Å². The SMILES string of the molecule is CN1CCN(c2ccc(C#N)cc2[N+](=O)[O-])C(c2ccccc2)C1. The van der Waals surface area contributed by atoms with E-state index < -0.39 is 4.92 Å². The van der Waals surface area contributed by atoms with Gasteiger partial charge in [-0.3, -0.25) is 10.1 Å². The van der Waals surface area contributed by atoms with Gasteiger partial charge in [-0.15, -0.1) is 0 Å². The molecule has 2 aromatic carbocycles. The van der Waals surface area contributed by atoms with E-state index >= 15 is 0 Å². The summed E-state index contributed by atoms with van der Waals surface area (Å²) in [4.78, 5) is 15.4. The van der Waals surface area contributed by atoms with Gasteiger partial charge in [0, 0.05) is 25.7 Å². The molecule has 0 radical (unpaired) electrons. The molecule has 122 valence electrons. The van der Waals surface area contributed by atoms with Crippen LogP contribution in [0.1, 0.15) is 17.2 Å². The lowest BCUT2D eigenvalue weighted by atomic mass is 10.0. The van der Waals surface area contributed by atoms with Crippen molar-refractivity contribution >= 4 is 11.4 Å². The second kappa shape index (κ2) is 6.69. The predicted octanol–water partition coefficient (Wildman–Crippen LogP) is 2.96. The summed E-state index contributed by atoms with van der Waals surface area (Å²) < 4.78 is 0. The third-order valence-electron chi connectivity index (χ3n) is 4.38. The maximum Gasteiger partial charge on any atom is 0.293 e. The van der Waals surface area contributed by atoms with Crippen LogP contribution in [0.4, 0.5) is 11.4 Å². The highest BCUT2D eigenvalue weighted by molar-refractivity contribution is 5.67. The number of anilines is 1. The quantitative estimate of drug-likeness (QED) is 0.641. The fraction of sp³-hybridized carbons (Fsp3) is 0.278. The second-order valence-electron chi connectivity index (χ2n) is 5.95. The molecule has 6 nitrogen and oxygen atoms in total. The number of nitriles is 1. The smallest absolute Gasteiger partial charge is 0.293 e. The summed E-state index contributed by atoms with van der Waals surface area (Å²) in [6, 6.07) is 16.7. The number of hydrogen-bond acceptors (Lipinski definition) is 5. The number of nitrogens with zero attached hydrogens (tertiary/aromatic N) is 4. The van der Waals surface area contributed by atoms with Gasteiger partial charge in [0.1, 0.15) is 5.69 Å². The Bertz CT molecular complexity index is 785. The monoisotopic (exact) mass is 322 g/mol. The second-order valence-corrected chi connectivity index (χ2v) is 5.95. The molecule has 0 saturated carbocycles. The van der Waals surface area contributed by atoms with Gasteiger partial charge in [-0.1, -0.05) is 30.3 Å². The Kier molecular flexibility index (Phi) is 4.45. The average Bonchev–Trinajstić information content (AvgIpc) is 2.62. The Hall–Kier alpha value is -2.91. The van der Waals surface area contributed by atoms with Gasteiger partial charge in [0.05, 0.1) is 22.6 Å². The summed E-state index contributed by atoms with van der Waals surface area (Å²) in [6.45, 7) is 2.32. The van der Waals surface area contributed by atoms with Crippen molar-refractivity contribution in [1.29, 1.82) is 5.26 Å². The standard InChI is InChI=1S/C18H18N4O2/c1-20-9-10-21(18(13-20)15-5-3-2-4-6-15)16-8-7-14(12-19)11-17(16)22(23)24/h2-8,11,18H,9-10,13H2,1H3. The first-order chi connectivity index (χ1) is 11.6. The van der Waals surface area contributed by atoms with E-state index in [1.807, 2.05) is 36.4 Å². The number of benzene rings is 2. The minimum Gasteiger partial charge on any atom is -0.356 e. The summed E-state index contributed by atoms with van der Waals surface area (Å²) in [5.41, 5.74) is 1.99. The molecule has 2 aromatic rings. The maximum absolute atomic E-state index is 11.5. The number of likely N-dealkylation sites (N-methyl/N-ethyl adjacent to an activating group) is 1. The molecule has 1 aliphatic rings. The molecule has 0 N–H and O–H groups in total. The number of nitro benzene ring substituents is 1. The Morgan fingerprint density at radius 2 is 1.96 bits per heavy atom. The summed E-state index contributed by atoms with van der Waals surface area (Å²) in [5.74, 6) is 0. The van der Waals surface area contributed by atoms with Crippen LogP contribution in [0, 0.1) is 21.4 Å². The van der Waals surface area contributed by atoms with Crippen molar-refractivity contribution in [3.63, 3.8) is 0 Å². The van der Waals surface area contributed by atoms with Crippen LogP contribution in [-0.4, -0.2) is 36.5 Å². The van der Waals surface area contributed by atoms with Gasteiger partial charge in [0.2, 0.25) is 0 Å². The molecule has 24 heavy (non-hydrogen) atoms. The van der Waals surface area contributed by atoms with Crippen molar-refractivity contribution in [2.75, 3.05) is 31.6 Å². The molecule has 0 aromatic heterocycles. The van der Waals surface area contributed by atoms with E-state index in [9.17, 15) is 10.1 Å². The van der Waals surface area contributed by atoms with Crippen LogP contribution in [0.2, 0.25) is 0 Å². The molecule has 0 aliphatic carbocycles. The topological polar surface area (TPSA) is 73.4 Å². The van der Waals surface area contributed by atoms with Gasteiger partial charge in [-0.25, -0.2) is 0 Å².